The van der Waals surface area contributed by atoms with E-state index in [1.165, 1.54) is 5.56 Å². The fourth-order valence-corrected chi connectivity index (χ4v) is 3.11. The van der Waals surface area contributed by atoms with Gasteiger partial charge in [0.15, 0.2) is 0 Å². The summed E-state index contributed by atoms with van der Waals surface area (Å²) >= 11 is 0. The smallest absolute Gasteiger partial charge is 0.229 e. The van der Waals surface area contributed by atoms with E-state index >= 15 is 0 Å². The van der Waals surface area contributed by atoms with Crippen molar-refractivity contribution in [3.8, 4) is 5.75 Å². The molecule has 0 amide bonds. The van der Waals surface area contributed by atoms with Crippen molar-refractivity contribution in [2.24, 2.45) is 0 Å². The van der Waals surface area contributed by atoms with Crippen LogP contribution in [0.5, 0.6) is 5.75 Å². The molecule has 0 aliphatic carbocycles. The summed E-state index contributed by atoms with van der Waals surface area (Å²) in [6, 6.07) is 23.7. The zero-order valence-electron chi connectivity index (χ0n) is 16.8. The molecular formula is C24H24N4O2. The van der Waals surface area contributed by atoms with Crippen molar-refractivity contribution in [3.63, 3.8) is 0 Å². The van der Waals surface area contributed by atoms with E-state index in [0.717, 1.165) is 33.8 Å². The number of fused-ring (bicyclic) bond motifs is 1. The molecule has 0 bridgehead atoms. The zero-order chi connectivity index (χ0) is 20.8. The minimum Gasteiger partial charge on any atom is -0.494 e. The van der Waals surface area contributed by atoms with Gasteiger partial charge in [0.05, 0.1) is 12.1 Å². The summed E-state index contributed by atoms with van der Waals surface area (Å²) in [5.74, 6) is 2.02. The Kier molecular flexibility index (Phi) is 6.06. The molecule has 6 nitrogen and oxygen atoms in total. The van der Waals surface area contributed by atoms with Gasteiger partial charge in [0.2, 0.25) is 5.95 Å². The predicted octanol–water partition coefficient (Wildman–Crippen LogP) is 5.19. The summed E-state index contributed by atoms with van der Waals surface area (Å²) in [7, 11) is 0. The van der Waals surface area contributed by atoms with E-state index in [0.29, 0.717) is 19.0 Å². The fourth-order valence-electron chi connectivity index (χ4n) is 3.11. The molecule has 3 N–H and O–H groups in total. The normalized spacial score (nSPS) is 10.7. The molecule has 0 fully saturated rings. The number of para-hydroxylation sites is 1. The lowest BCUT2D eigenvalue weighted by Gasteiger charge is -2.13. The van der Waals surface area contributed by atoms with Crippen molar-refractivity contribution >= 4 is 34.0 Å². The van der Waals surface area contributed by atoms with E-state index in [-0.39, 0.29) is 6.61 Å². The number of ether oxygens (including phenoxy) is 1. The van der Waals surface area contributed by atoms with Crippen molar-refractivity contribution < 1.29 is 9.84 Å². The first-order valence-corrected chi connectivity index (χ1v) is 9.92. The van der Waals surface area contributed by atoms with Crippen LogP contribution in [0.25, 0.3) is 10.9 Å². The van der Waals surface area contributed by atoms with Crippen LogP contribution in [0.1, 0.15) is 12.0 Å². The van der Waals surface area contributed by atoms with Gasteiger partial charge in [0, 0.05) is 29.8 Å². The van der Waals surface area contributed by atoms with Crippen LogP contribution in [-0.4, -0.2) is 28.3 Å². The highest BCUT2D eigenvalue weighted by molar-refractivity contribution is 5.92. The first kappa shape index (κ1) is 19.7. The Morgan fingerprint density at radius 1 is 0.867 bits per heavy atom. The number of hydrogen-bond donors (Lipinski definition) is 3. The third-order valence-corrected chi connectivity index (χ3v) is 4.57. The Hall–Kier alpha value is -3.64. The molecule has 0 radical (unpaired) electrons. The number of anilines is 4. The molecule has 0 spiro atoms. The lowest BCUT2D eigenvalue weighted by molar-refractivity contribution is 0.233. The molecular weight excluding hydrogens is 376 g/mol. The molecule has 1 aromatic heterocycles. The Bertz CT molecular complexity index is 1130. The topological polar surface area (TPSA) is 79.3 Å². The van der Waals surface area contributed by atoms with Crippen LogP contribution in [0.15, 0.2) is 72.8 Å². The van der Waals surface area contributed by atoms with E-state index in [9.17, 15) is 0 Å². The maximum atomic E-state index is 8.85. The number of aliphatic hydroxyl groups excluding tert-OH is 1. The van der Waals surface area contributed by atoms with Gasteiger partial charge in [-0.05, 0) is 61.0 Å². The van der Waals surface area contributed by atoms with Crippen molar-refractivity contribution in [2.45, 2.75) is 13.3 Å². The number of benzene rings is 3. The minimum atomic E-state index is 0.123. The average molecular weight is 400 g/mol. The number of aryl methyl sites for hydroxylation is 1. The van der Waals surface area contributed by atoms with E-state index < -0.39 is 0 Å². The highest BCUT2D eigenvalue weighted by Crippen LogP contribution is 2.27. The first-order valence-electron chi connectivity index (χ1n) is 9.92. The summed E-state index contributed by atoms with van der Waals surface area (Å²) in [4.78, 5) is 9.36. The summed E-state index contributed by atoms with van der Waals surface area (Å²) in [6.07, 6.45) is 0.613. The minimum absolute atomic E-state index is 0.123. The largest absolute Gasteiger partial charge is 0.494 e. The van der Waals surface area contributed by atoms with Crippen molar-refractivity contribution in [2.75, 3.05) is 23.8 Å². The molecule has 0 saturated heterocycles. The standard InChI is InChI=1S/C24H24N4O2/c1-17-6-4-7-19(16-17)25-23-21-8-2-3-9-22(21)27-24(28-23)26-18-10-12-20(13-11-18)30-15-5-14-29/h2-4,6-13,16,29H,5,14-15H2,1H3,(H2,25,26,27,28). The second-order valence-corrected chi connectivity index (χ2v) is 6.98. The molecule has 0 aliphatic rings. The fraction of sp³-hybridized carbons (Fsp3) is 0.167. The Balaban J connectivity index is 1.58. The number of nitrogens with zero attached hydrogens (tertiary/aromatic N) is 2. The first-order chi connectivity index (χ1) is 14.7. The van der Waals surface area contributed by atoms with Crippen molar-refractivity contribution in [1.29, 1.82) is 0 Å². The van der Waals surface area contributed by atoms with E-state index in [1.54, 1.807) is 0 Å². The summed E-state index contributed by atoms with van der Waals surface area (Å²) in [6.45, 7) is 2.68. The molecule has 3 aromatic carbocycles. The van der Waals surface area contributed by atoms with Crippen LogP contribution in [0.2, 0.25) is 0 Å². The Labute approximate surface area is 175 Å². The Morgan fingerprint density at radius 3 is 2.50 bits per heavy atom. The maximum absolute atomic E-state index is 8.85. The van der Waals surface area contributed by atoms with Crippen LogP contribution in [0.4, 0.5) is 23.1 Å². The highest BCUT2D eigenvalue weighted by atomic mass is 16.5. The molecule has 0 atom stereocenters. The molecule has 0 aliphatic heterocycles. The van der Waals surface area contributed by atoms with Crippen LogP contribution in [0.3, 0.4) is 0 Å². The van der Waals surface area contributed by atoms with Gasteiger partial charge in [0.25, 0.3) is 0 Å². The van der Waals surface area contributed by atoms with E-state index in [1.807, 2.05) is 60.7 Å². The van der Waals surface area contributed by atoms with Gasteiger partial charge in [-0.25, -0.2) is 4.98 Å². The van der Waals surface area contributed by atoms with Gasteiger partial charge >= 0.3 is 0 Å². The number of nitrogens with one attached hydrogen (secondary N) is 2. The molecule has 4 aromatic rings. The van der Waals surface area contributed by atoms with Gasteiger partial charge in [-0.15, -0.1) is 0 Å². The van der Waals surface area contributed by atoms with Gasteiger partial charge in [-0.3, -0.25) is 0 Å². The summed E-state index contributed by atoms with van der Waals surface area (Å²) in [5, 5.41) is 16.5. The second kappa shape index (κ2) is 9.24. The highest BCUT2D eigenvalue weighted by Gasteiger charge is 2.09. The van der Waals surface area contributed by atoms with Gasteiger partial charge < -0.3 is 20.5 Å². The Morgan fingerprint density at radius 2 is 1.70 bits per heavy atom. The van der Waals surface area contributed by atoms with Crippen LogP contribution in [-0.2, 0) is 0 Å². The number of aliphatic hydroxyl groups is 1. The third kappa shape index (κ3) is 4.85. The van der Waals surface area contributed by atoms with Gasteiger partial charge in [-0.1, -0.05) is 24.3 Å². The molecule has 4 rings (SSSR count). The quantitative estimate of drug-likeness (QED) is 0.353. The lowest BCUT2D eigenvalue weighted by Crippen LogP contribution is -2.03. The van der Waals surface area contributed by atoms with Crippen molar-refractivity contribution in [3.05, 3.63) is 78.4 Å². The van der Waals surface area contributed by atoms with Crippen molar-refractivity contribution in [1.82, 2.24) is 9.97 Å². The lowest BCUT2D eigenvalue weighted by atomic mass is 10.2. The molecule has 152 valence electrons. The molecule has 0 saturated carbocycles. The second-order valence-electron chi connectivity index (χ2n) is 6.98. The zero-order valence-corrected chi connectivity index (χ0v) is 16.8. The SMILES string of the molecule is Cc1cccc(Nc2nc(Nc3ccc(OCCCO)cc3)nc3ccccc23)c1. The van der Waals surface area contributed by atoms with Crippen LogP contribution in [0, 0.1) is 6.92 Å². The number of hydrogen-bond acceptors (Lipinski definition) is 6. The van der Waals surface area contributed by atoms with Crippen LogP contribution < -0.4 is 15.4 Å². The van der Waals surface area contributed by atoms with E-state index in [2.05, 4.69) is 34.7 Å². The average Bonchev–Trinajstić information content (AvgIpc) is 2.75. The maximum Gasteiger partial charge on any atom is 0.229 e. The van der Waals surface area contributed by atoms with Crippen LogP contribution >= 0.6 is 0 Å². The number of aromatic nitrogens is 2. The number of rotatable bonds is 8. The van der Waals surface area contributed by atoms with Gasteiger partial charge in [-0.2, -0.15) is 4.98 Å². The van der Waals surface area contributed by atoms with Gasteiger partial charge in [0.1, 0.15) is 11.6 Å². The summed E-state index contributed by atoms with van der Waals surface area (Å²) < 4.78 is 5.58. The molecule has 1 heterocycles. The monoisotopic (exact) mass is 400 g/mol. The third-order valence-electron chi connectivity index (χ3n) is 4.57. The summed E-state index contributed by atoms with van der Waals surface area (Å²) in [5.41, 5.74) is 3.88. The predicted molar refractivity (Wildman–Crippen MR) is 121 cm³/mol. The molecule has 0 unspecified atom stereocenters. The van der Waals surface area contributed by atoms with E-state index in [4.69, 9.17) is 14.8 Å². The molecule has 6 heteroatoms. The molecule has 30 heavy (non-hydrogen) atoms.